The lowest BCUT2D eigenvalue weighted by molar-refractivity contribution is -0.136. The summed E-state index contributed by atoms with van der Waals surface area (Å²) in [6.45, 7) is 1.72. The number of halogens is 2. The minimum absolute atomic E-state index is 0.0236. The second kappa shape index (κ2) is 12.2. The van der Waals surface area contributed by atoms with Gasteiger partial charge in [-0.05, 0) is 55.0 Å². The Morgan fingerprint density at radius 2 is 1.79 bits per heavy atom. The van der Waals surface area contributed by atoms with Gasteiger partial charge in [0.15, 0.2) is 16.3 Å². The van der Waals surface area contributed by atoms with E-state index in [0.717, 1.165) is 0 Å². The van der Waals surface area contributed by atoms with Crippen molar-refractivity contribution in [1.29, 1.82) is 0 Å². The molecule has 1 atom stereocenters. The average molecular weight is 609 g/mol. The van der Waals surface area contributed by atoms with Gasteiger partial charge in [0.05, 0.1) is 37.1 Å². The Bertz CT molecular complexity index is 1900. The van der Waals surface area contributed by atoms with E-state index in [0.29, 0.717) is 54.0 Å². The number of thiazole rings is 1. The van der Waals surface area contributed by atoms with Gasteiger partial charge in [-0.25, -0.2) is 14.2 Å². The van der Waals surface area contributed by atoms with Gasteiger partial charge in [0.25, 0.3) is 5.56 Å². The molecule has 216 valence electrons. The zero-order valence-electron chi connectivity index (χ0n) is 23.1. The maximum absolute atomic E-state index is 14.0. The van der Waals surface area contributed by atoms with Crippen LogP contribution >= 0.6 is 22.9 Å². The van der Waals surface area contributed by atoms with E-state index in [1.165, 1.54) is 43.3 Å². The molecule has 0 saturated heterocycles. The summed E-state index contributed by atoms with van der Waals surface area (Å²) < 4.78 is 37.8. The van der Waals surface area contributed by atoms with Gasteiger partial charge in [-0.15, -0.1) is 0 Å². The number of methoxy groups -OCH3 is 3. The number of allylic oxidation sites excluding steroid dienone is 1. The smallest absolute Gasteiger partial charge is 0.338 e. The second-order valence-corrected chi connectivity index (χ2v) is 10.7. The monoisotopic (exact) mass is 608 g/mol. The van der Waals surface area contributed by atoms with Crippen LogP contribution in [0.15, 0.2) is 81.7 Å². The van der Waals surface area contributed by atoms with Crippen LogP contribution in [0.3, 0.4) is 0 Å². The number of rotatable bonds is 8. The Hall–Kier alpha value is -4.41. The highest BCUT2D eigenvalue weighted by Gasteiger charge is 2.35. The van der Waals surface area contributed by atoms with E-state index in [1.54, 1.807) is 67.6 Å². The zero-order chi connectivity index (χ0) is 30.0. The highest BCUT2D eigenvalue weighted by atomic mass is 35.5. The van der Waals surface area contributed by atoms with Crippen LogP contribution in [0.25, 0.3) is 6.08 Å². The number of aromatic nitrogens is 1. The summed E-state index contributed by atoms with van der Waals surface area (Å²) >= 11 is 7.51. The van der Waals surface area contributed by atoms with Crippen molar-refractivity contribution in [2.75, 3.05) is 21.3 Å². The fraction of sp³-hybridized carbons (Fsp3) is 0.194. The number of esters is 1. The average Bonchev–Trinajstić information content (AvgIpc) is 3.29. The third-order valence-corrected chi connectivity index (χ3v) is 7.96. The summed E-state index contributed by atoms with van der Waals surface area (Å²) in [5.41, 5.74) is 1.85. The molecule has 1 aliphatic heterocycles. The predicted molar refractivity (Wildman–Crippen MR) is 158 cm³/mol. The second-order valence-electron chi connectivity index (χ2n) is 9.25. The molecule has 1 aromatic heterocycles. The van der Waals surface area contributed by atoms with Crippen LogP contribution in [0.5, 0.6) is 17.2 Å². The maximum Gasteiger partial charge on any atom is 0.338 e. The topological polar surface area (TPSA) is 88.4 Å². The van der Waals surface area contributed by atoms with Gasteiger partial charge >= 0.3 is 5.97 Å². The lowest BCUT2D eigenvalue weighted by Gasteiger charge is -2.25. The summed E-state index contributed by atoms with van der Waals surface area (Å²) in [7, 11) is 4.28. The Kier molecular flexibility index (Phi) is 8.46. The van der Waals surface area contributed by atoms with Crippen molar-refractivity contribution in [3.63, 3.8) is 0 Å². The van der Waals surface area contributed by atoms with E-state index < -0.39 is 12.0 Å². The molecule has 0 bridgehead atoms. The third kappa shape index (κ3) is 5.55. The van der Waals surface area contributed by atoms with Crippen LogP contribution in [0.4, 0.5) is 4.39 Å². The molecule has 2 heterocycles. The molecule has 4 aromatic rings. The first-order valence-corrected chi connectivity index (χ1v) is 13.9. The number of nitrogens with zero attached hydrogens (tertiary/aromatic N) is 2. The first-order valence-electron chi connectivity index (χ1n) is 12.7. The molecule has 0 aliphatic carbocycles. The molecule has 0 amide bonds. The third-order valence-electron chi connectivity index (χ3n) is 6.74. The van der Waals surface area contributed by atoms with Crippen molar-refractivity contribution in [2.45, 2.75) is 19.6 Å². The van der Waals surface area contributed by atoms with Crippen molar-refractivity contribution in [2.24, 2.45) is 4.99 Å². The van der Waals surface area contributed by atoms with Gasteiger partial charge in [0, 0.05) is 16.1 Å². The number of hydrogen-bond acceptors (Lipinski definition) is 8. The molecular weight excluding hydrogens is 583 g/mol. The van der Waals surface area contributed by atoms with E-state index in [-0.39, 0.29) is 23.6 Å². The number of benzene rings is 3. The van der Waals surface area contributed by atoms with E-state index in [4.69, 9.17) is 30.5 Å². The zero-order valence-corrected chi connectivity index (χ0v) is 24.7. The van der Waals surface area contributed by atoms with Crippen molar-refractivity contribution >= 4 is 35.0 Å². The van der Waals surface area contributed by atoms with Gasteiger partial charge in [-0.3, -0.25) is 9.36 Å². The largest absolute Gasteiger partial charge is 0.496 e. The van der Waals surface area contributed by atoms with Crippen LogP contribution in [0.1, 0.15) is 29.7 Å². The first-order chi connectivity index (χ1) is 20.2. The molecule has 0 radical (unpaired) electrons. The normalized spacial score (nSPS) is 14.7. The summed E-state index contributed by atoms with van der Waals surface area (Å²) in [5, 5.41) is 0.413. The molecule has 0 spiro atoms. The SMILES string of the molecule is COC(=O)C1=C(C)N=c2s/c(=C\c3ccc(OCc4ccccc4F)c(OC)c3)c(=O)n2[C@@H]1c1cc(Cl)ccc1OC. The summed E-state index contributed by atoms with van der Waals surface area (Å²) in [6.07, 6.45) is 1.70. The van der Waals surface area contributed by atoms with Gasteiger partial charge in [-0.1, -0.05) is 47.2 Å². The Labute approximate surface area is 249 Å². The summed E-state index contributed by atoms with van der Waals surface area (Å²) in [4.78, 5) is 31.8. The molecule has 0 N–H and O–H groups in total. The van der Waals surface area contributed by atoms with E-state index in [2.05, 4.69) is 4.99 Å². The highest BCUT2D eigenvalue weighted by Crippen LogP contribution is 2.37. The van der Waals surface area contributed by atoms with Crippen molar-refractivity contribution in [3.05, 3.63) is 119 Å². The van der Waals surface area contributed by atoms with Gasteiger partial charge in [-0.2, -0.15) is 0 Å². The first kappa shape index (κ1) is 29.1. The quantitative estimate of drug-likeness (QED) is 0.267. The number of hydrogen-bond donors (Lipinski definition) is 0. The number of fused-ring (bicyclic) bond motifs is 1. The van der Waals surface area contributed by atoms with E-state index >= 15 is 0 Å². The fourth-order valence-corrected chi connectivity index (χ4v) is 5.95. The van der Waals surface area contributed by atoms with Crippen molar-refractivity contribution in [3.8, 4) is 17.2 Å². The molecular formula is C31H26ClFN2O6S. The van der Waals surface area contributed by atoms with Gasteiger partial charge < -0.3 is 18.9 Å². The van der Waals surface area contributed by atoms with Crippen molar-refractivity contribution in [1.82, 2.24) is 4.57 Å². The van der Waals surface area contributed by atoms with Crippen LogP contribution in [0, 0.1) is 5.82 Å². The van der Waals surface area contributed by atoms with Gasteiger partial charge in [0.2, 0.25) is 0 Å². The molecule has 3 aromatic carbocycles. The Balaban J connectivity index is 1.59. The minimum Gasteiger partial charge on any atom is -0.496 e. The molecule has 11 heteroatoms. The van der Waals surface area contributed by atoms with Crippen LogP contribution in [-0.4, -0.2) is 31.9 Å². The van der Waals surface area contributed by atoms with Crippen LogP contribution in [0.2, 0.25) is 5.02 Å². The minimum atomic E-state index is -0.881. The molecule has 0 unspecified atom stereocenters. The number of carbonyl (C=O) groups is 1. The summed E-state index contributed by atoms with van der Waals surface area (Å²) in [5.74, 6) is 0.311. The van der Waals surface area contributed by atoms with E-state index in [1.807, 2.05) is 0 Å². The highest BCUT2D eigenvalue weighted by molar-refractivity contribution is 7.07. The molecule has 42 heavy (non-hydrogen) atoms. The molecule has 0 saturated carbocycles. The fourth-order valence-electron chi connectivity index (χ4n) is 4.72. The van der Waals surface area contributed by atoms with E-state index in [9.17, 15) is 14.0 Å². The molecule has 0 fully saturated rings. The van der Waals surface area contributed by atoms with Crippen LogP contribution < -0.4 is 29.1 Å². The summed E-state index contributed by atoms with van der Waals surface area (Å²) in [6, 6.07) is 15.7. The van der Waals surface area contributed by atoms with Gasteiger partial charge in [0.1, 0.15) is 24.2 Å². The predicted octanol–water partition coefficient (Wildman–Crippen LogP) is 4.80. The molecule has 8 nitrogen and oxygen atoms in total. The Morgan fingerprint density at radius 1 is 1.05 bits per heavy atom. The number of carbonyl (C=O) groups excluding carboxylic acids is 1. The number of ether oxygens (including phenoxy) is 4. The maximum atomic E-state index is 14.0. The van der Waals surface area contributed by atoms with Crippen molar-refractivity contribution < 1.29 is 28.1 Å². The lowest BCUT2D eigenvalue weighted by atomic mass is 9.95. The standard InChI is InChI=1S/C31H26ClFN2O6S/c1-17-27(30(37)40-4)28(21-15-20(32)10-12-23(21)38-2)35-29(36)26(42-31(35)34-17)14-18-9-11-24(25(13-18)39-3)41-16-19-7-5-6-8-22(19)33/h5-15,28H,16H2,1-4H3/b26-14-/t28-/m1/s1. The lowest BCUT2D eigenvalue weighted by Crippen LogP contribution is -2.40. The Morgan fingerprint density at radius 3 is 2.50 bits per heavy atom. The molecule has 5 rings (SSSR count). The molecule has 1 aliphatic rings. The van der Waals surface area contributed by atoms with Crippen LogP contribution in [-0.2, 0) is 16.1 Å².